The Labute approximate surface area is 126 Å². The lowest BCUT2D eigenvalue weighted by molar-refractivity contribution is 0.332. The second-order valence-corrected chi connectivity index (χ2v) is 5.83. The minimum absolute atomic E-state index is 0.390. The summed E-state index contributed by atoms with van der Waals surface area (Å²) in [5.74, 6) is 2.32. The third kappa shape index (κ3) is 4.11. The summed E-state index contributed by atoms with van der Waals surface area (Å²) < 4.78 is 5.40. The number of rotatable bonds is 7. The van der Waals surface area contributed by atoms with E-state index in [2.05, 4.69) is 35.9 Å². The van der Waals surface area contributed by atoms with E-state index in [1.54, 1.807) is 6.20 Å². The average molecular weight is 288 g/mol. The van der Waals surface area contributed by atoms with Crippen LogP contribution in [0.15, 0.2) is 23.0 Å². The number of aryl methyl sites for hydroxylation is 1. The highest BCUT2D eigenvalue weighted by Gasteiger charge is 2.16. The molecule has 0 radical (unpaired) electrons. The van der Waals surface area contributed by atoms with Crippen molar-refractivity contribution < 1.29 is 4.52 Å². The molecule has 2 N–H and O–H groups in total. The normalized spacial score (nSPS) is 12.8. The van der Waals surface area contributed by atoms with Crippen LogP contribution in [0.3, 0.4) is 0 Å². The van der Waals surface area contributed by atoms with Crippen LogP contribution in [0.5, 0.6) is 0 Å². The van der Waals surface area contributed by atoms with Crippen molar-refractivity contribution in [2.24, 2.45) is 17.6 Å². The van der Waals surface area contributed by atoms with E-state index in [0.717, 1.165) is 30.4 Å². The molecule has 114 valence electrons. The summed E-state index contributed by atoms with van der Waals surface area (Å²) >= 11 is 0. The Kier molecular flexibility index (Phi) is 5.44. The van der Waals surface area contributed by atoms with Crippen molar-refractivity contribution in [3.8, 4) is 11.4 Å². The molecule has 0 saturated carbocycles. The summed E-state index contributed by atoms with van der Waals surface area (Å²) in [4.78, 5) is 8.66. The molecule has 0 fully saturated rings. The maximum absolute atomic E-state index is 5.83. The van der Waals surface area contributed by atoms with Crippen molar-refractivity contribution >= 4 is 0 Å². The summed E-state index contributed by atoms with van der Waals surface area (Å²) in [6.45, 7) is 7.14. The zero-order valence-electron chi connectivity index (χ0n) is 13.0. The Bertz CT molecular complexity index is 565. The van der Waals surface area contributed by atoms with Gasteiger partial charge in [-0.2, -0.15) is 4.98 Å². The number of nitrogens with two attached hydrogens (primary N) is 1. The summed E-state index contributed by atoms with van der Waals surface area (Å²) in [5.41, 5.74) is 7.96. The minimum Gasteiger partial charge on any atom is -0.339 e. The predicted molar refractivity (Wildman–Crippen MR) is 82.6 cm³/mol. The van der Waals surface area contributed by atoms with Crippen molar-refractivity contribution in [1.82, 2.24) is 15.1 Å². The van der Waals surface area contributed by atoms with Gasteiger partial charge in [-0.25, -0.2) is 0 Å². The largest absolute Gasteiger partial charge is 0.339 e. The first-order valence-corrected chi connectivity index (χ1v) is 7.59. The van der Waals surface area contributed by atoms with E-state index in [0.29, 0.717) is 30.1 Å². The molecule has 0 aliphatic heterocycles. The van der Waals surface area contributed by atoms with Crippen molar-refractivity contribution in [2.75, 3.05) is 6.54 Å². The maximum Gasteiger partial charge on any atom is 0.227 e. The first-order valence-electron chi connectivity index (χ1n) is 7.59. The molecule has 0 bridgehead atoms. The molecule has 2 heterocycles. The molecule has 1 atom stereocenters. The first-order chi connectivity index (χ1) is 10.1. The lowest BCUT2D eigenvalue weighted by Gasteiger charge is -2.14. The molecule has 1 unspecified atom stereocenters. The van der Waals surface area contributed by atoms with Crippen LogP contribution in [0, 0.1) is 11.8 Å². The zero-order chi connectivity index (χ0) is 15.2. The number of hydrogen-bond acceptors (Lipinski definition) is 5. The molecular formula is C16H24N4O. The molecule has 0 saturated heterocycles. The minimum atomic E-state index is 0.390. The van der Waals surface area contributed by atoms with Gasteiger partial charge in [0.05, 0.1) is 0 Å². The van der Waals surface area contributed by atoms with Crippen molar-refractivity contribution in [2.45, 2.75) is 40.0 Å². The molecule has 2 rings (SSSR count). The third-order valence-electron chi connectivity index (χ3n) is 3.59. The van der Waals surface area contributed by atoms with Gasteiger partial charge in [0.25, 0.3) is 0 Å². The van der Waals surface area contributed by atoms with E-state index in [9.17, 15) is 0 Å². The lowest BCUT2D eigenvalue weighted by atomic mass is 9.94. The van der Waals surface area contributed by atoms with Crippen LogP contribution < -0.4 is 5.73 Å². The summed E-state index contributed by atoms with van der Waals surface area (Å²) in [6.07, 6.45) is 6.32. The van der Waals surface area contributed by atoms with Crippen LogP contribution in [0.1, 0.15) is 38.6 Å². The van der Waals surface area contributed by atoms with E-state index in [1.807, 2.05) is 12.3 Å². The highest BCUT2D eigenvalue weighted by Crippen LogP contribution is 2.22. The van der Waals surface area contributed by atoms with E-state index in [-0.39, 0.29) is 0 Å². The Morgan fingerprint density at radius 1 is 1.33 bits per heavy atom. The van der Waals surface area contributed by atoms with Crippen LogP contribution in [0.25, 0.3) is 11.4 Å². The van der Waals surface area contributed by atoms with Gasteiger partial charge in [-0.15, -0.1) is 0 Å². The van der Waals surface area contributed by atoms with Crippen molar-refractivity contribution in [1.29, 1.82) is 0 Å². The van der Waals surface area contributed by atoms with Crippen LogP contribution >= 0.6 is 0 Å². The number of hydrogen-bond donors (Lipinski definition) is 1. The Hall–Kier alpha value is -1.75. The standard InChI is InChI=1S/C16H24N4O/c1-4-13-10-18-6-5-14(13)16-19-15(21-20-16)8-12(9-17)7-11(2)3/h5-6,10-12H,4,7-9,17H2,1-3H3. The fourth-order valence-corrected chi connectivity index (χ4v) is 2.55. The second kappa shape index (κ2) is 7.31. The highest BCUT2D eigenvalue weighted by molar-refractivity contribution is 5.58. The SMILES string of the molecule is CCc1cnccc1-c1noc(CC(CN)CC(C)C)n1. The number of nitrogens with zero attached hydrogens (tertiary/aromatic N) is 3. The second-order valence-electron chi connectivity index (χ2n) is 5.83. The van der Waals surface area contributed by atoms with Crippen molar-refractivity contribution in [3.05, 3.63) is 29.9 Å². The fraction of sp³-hybridized carbons (Fsp3) is 0.562. The zero-order valence-corrected chi connectivity index (χ0v) is 13.0. The number of aromatic nitrogens is 3. The molecule has 0 aromatic carbocycles. The summed E-state index contributed by atoms with van der Waals surface area (Å²) in [5, 5.41) is 4.11. The van der Waals surface area contributed by atoms with Crippen molar-refractivity contribution in [3.63, 3.8) is 0 Å². The van der Waals surface area contributed by atoms with Gasteiger partial charge in [-0.05, 0) is 42.9 Å². The van der Waals surface area contributed by atoms with E-state index in [4.69, 9.17) is 10.3 Å². The van der Waals surface area contributed by atoms with Crippen LogP contribution in [0.4, 0.5) is 0 Å². The Morgan fingerprint density at radius 2 is 2.14 bits per heavy atom. The van der Waals surface area contributed by atoms with Gasteiger partial charge in [0.15, 0.2) is 0 Å². The van der Waals surface area contributed by atoms with Gasteiger partial charge < -0.3 is 10.3 Å². The maximum atomic E-state index is 5.83. The van der Waals surface area contributed by atoms with Crippen LogP contribution in [0.2, 0.25) is 0 Å². The van der Waals surface area contributed by atoms with Gasteiger partial charge in [-0.1, -0.05) is 25.9 Å². The van der Waals surface area contributed by atoms with Crippen LogP contribution in [-0.2, 0) is 12.8 Å². The molecule has 21 heavy (non-hydrogen) atoms. The molecule has 0 aliphatic rings. The van der Waals surface area contributed by atoms with Gasteiger partial charge in [-0.3, -0.25) is 4.98 Å². The number of pyridine rings is 1. The van der Waals surface area contributed by atoms with E-state index in [1.165, 1.54) is 0 Å². The molecule has 2 aromatic heterocycles. The van der Waals surface area contributed by atoms with E-state index < -0.39 is 0 Å². The average Bonchev–Trinajstić information content (AvgIpc) is 2.94. The fourth-order valence-electron chi connectivity index (χ4n) is 2.55. The van der Waals surface area contributed by atoms with Gasteiger partial charge in [0.2, 0.25) is 11.7 Å². The molecule has 5 nitrogen and oxygen atoms in total. The smallest absolute Gasteiger partial charge is 0.227 e. The molecule has 0 aliphatic carbocycles. The molecule has 0 amide bonds. The lowest BCUT2D eigenvalue weighted by Crippen LogP contribution is -2.19. The summed E-state index contributed by atoms with van der Waals surface area (Å²) in [7, 11) is 0. The van der Waals surface area contributed by atoms with Gasteiger partial charge in [0.1, 0.15) is 0 Å². The molecule has 0 spiro atoms. The summed E-state index contributed by atoms with van der Waals surface area (Å²) in [6, 6.07) is 1.93. The molecule has 5 heteroatoms. The predicted octanol–water partition coefficient (Wildman–Crippen LogP) is 2.86. The topological polar surface area (TPSA) is 77.8 Å². The Balaban J connectivity index is 2.14. The molecular weight excluding hydrogens is 264 g/mol. The van der Waals surface area contributed by atoms with Gasteiger partial charge >= 0.3 is 0 Å². The Morgan fingerprint density at radius 3 is 2.81 bits per heavy atom. The van der Waals surface area contributed by atoms with Gasteiger partial charge in [0, 0.05) is 24.4 Å². The van der Waals surface area contributed by atoms with Crippen LogP contribution in [-0.4, -0.2) is 21.7 Å². The monoisotopic (exact) mass is 288 g/mol. The van der Waals surface area contributed by atoms with E-state index >= 15 is 0 Å². The highest BCUT2D eigenvalue weighted by atomic mass is 16.5. The first kappa shape index (κ1) is 15.6. The quantitative estimate of drug-likeness (QED) is 0.847. The third-order valence-corrected chi connectivity index (χ3v) is 3.59. The molecule has 2 aromatic rings.